The van der Waals surface area contributed by atoms with Crippen molar-refractivity contribution >= 4 is 29.7 Å². The SMILES string of the molecule is CC(C)(C)OC(=O)N[C@H](CC=O)c1cc(Cl)ccc1[N+](=O)[O-]. The van der Waals surface area contributed by atoms with E-state index in [2.05, 4.69) is 5.32 Å². The average Bonchev–Trinajstić information content (AvgIpc) is 2.35. The molecule has 22 heavy (non-hydrogen) atoms. The minimum absolute atomic E-state index is 0.138. The van der Waals surface area contributed by atoms with Crippen LogP contribution in [0.25, 0.3) is 0 Å². The Morgan fingerprint density at radius 1 is 1.50 bits per heavy atom. The molecule has 0 aliphatic rings. The number of ether oxygens (including phenoxy) is 1. The molecule has 8 heteroatoms. The first kappa shape index (κ1) is 17.9. The molecule has 7 nitrogen and oxygen atoms in total. The normalized spacial score (nSPS) is 12.4. The summed E-state index contributed by atoms with van der Waals surface area (Å²) in [7, 11) is 0. The second-order valence-corrected chi connectivity index (χ2v) is 6.00. The van der Waals surface area contributed by atoms with Gasteiger partial charge in [-0.1, -0.05) is 11.6 Å². The maximum Gasteiger partial charge on any atom is 0.408 e. The lowest BCUT2D eigenvalue weighted by Crippen LogP contribution is -2.35. The first-order valence-corrected chi connectivity index (χ1v) is 6.89. The van der Waals surface area contributed by atoms with E-state index < -0.39 is 22.7 Å². The van der Waals surface area contributed by atoms with Gasteiger partial charge < -0.3 is 14.8 Å². The Hall–Kier alpha value is -2.15. The molecule has 0 radical (unpaired) electrons. The number of halogens is 1. The van der Waals surface area contributed by atoms with Gasteiger partial charge in [-0.25, -0.2) is 4.79 Å². The van der Waals surface area contributed by atoms with Gasteiger partial charge in [-0.15, -0.1) is 0 Å². The number of rotatable bonds is 5. The van der Waals surface area contributed by atoms with Gasteiger partial charge in [-0.2, -0.15) is 0 Å². The van der Waals surface area contributed by atoms with Gasteiger partial charge in [0.1, 0.15) is 11.9 Å². The van der Waals surface area contributed by atoms with E-state index in [0.717, 1.165) is 0 Å². The highest BCUT2D eigenvalue weighted by molar-refractivity contribution is 6.30. The maximum absolute atomic E-state index is 11.8. The van der Waals surface area contributed by atoms with Crippen LogP contribution >= 0.6 is 11.6 Å². The highest BCUT2D eigenvalue weighted by Gasteiger charge is 2.26. The quantitative estimate of drug-likeness (QED) is 0.507. The lowest BCUT2D eigenvalue weighted by Gasteiger charge is -2.23. The summed E-state index contributed by atoms with van der Waals surface area (Å²) >= 11 is 5.85. The molecule has 0 unspecified atom stereocenters. The molecular weight excluding hydrogens is 312 g/mol. The third-order valence-electron chi connectivity index (χ3n) is 2.58. The fourth-order valence-corrected chi connectivity index (χ4v) is 1.96. The lowest BCUT2D eigenvalue weighted by molar-refractivity contribution is -0.385. The molecule has 1 aromatic rings. The fourth-order valence-electron chi connectivity index (χ4n) is 1.78. The molecule has 0 saturated carbocycles. The third-order valence-corrected chi connectivity index (χ3v) is 2.82. The van der Waals surface area contributed by atoms with E-state index in [1.54, 1.807) is 20.8 Å². The number of hydrogen-bond acceptors (Lipinski definition) is 5. The van der Waals surface area contributed by atoms with Gasteiger partial charge in [0.15, 0.2) is 0 Å². The molecule has 0 aliphatic heterocycles. The molecule has 1 atom stereocenters. The number of aldehydes is 1. The molecule has 0 aromatic heterocycles. The number of nitro benzene ring substituents is 1. The van der Waals surface area contributed by atoms with Crippen molar-refractivity contribution in [3.63, 3.8) is 0 Å². The highest BCUT2D eigenvalue weighted by Crippen LogP contribution is 2.30. The number of nitrogens with one attached hydrogen (secondary N) is 1. The number of nitrogens with zero attached hydrogens (tertiary/aromatic N) is 1. The summed E-state index contributed by atoms with van der Waals surface area (Å²) in [4.78, 5) is 33.1. The summed E-state index contributed by atoms with van der Waals surface area (Å²) < 4.78 is 5.10. The Balaban J connectivity index is 3.10. The summed E-state index contributed by atoms with van der Waals surface area (Å²) in [5.41, 5.74) is -0.807. The van der Waals surface area contributed by atoms with Gasteiger partial charge in [0.2, 0.25) is 0 Å². The number of carbonyl (C=O) groups is 2. The van der Waals surface area contributed by atoms with Crippen molar-refractivity contribution in [3.8, 4) is 0 Å². The van der Waals surface area contributed by atoms with Crippen LogP contribution < -0.4 is 5.32 Å². The molecule has 120 valence electrons. The Kier molecular flexibility index (Phi) is 5.87. The zero-order chi connectivity index (χ0) is 16.9. The van der Waals surface area contributed by atoms with Crippen molar-refractivity contribution < 1.29 is 19.2 Å². The minimum Gasteiger partial charge on any atom is -0.444 e. The van der Waals surface area contributed by atoms with E-state index >= 15 is 0 Å². The van der Waals surface area contributed by atoms with Crippen LogP contribution in [0.4, 0.5) is 10.5 Å². The second-order valence-electron chi connectivity index (χ2n) is 5.56. The fraction of sp³-hybridized carbons (Fsp3) is 0.429. The van der Waals surface area contributed by atoms with Gasteiger partial charge >= 0.3 is 6.09 Å². The summed E-state index contributed by atoms with van der Waals surface area (Å²) in [6, 6.07) is 3.05. The van der Waals surface area contributed by atoms with E-state index in [1.807, 2.05) is 0 Å². The predicted molar refractivity (Wildman–Crippen MR) is 80.9 cm³/mol. The Bertz CT molecular complexity index is 583. The Morgan fingerprint density at radius 3 is 2.64 bits per heavy atom. The molecule has 0 bridgehead atoms. The average molecular weight is 329 g/mol. The van der Waals surface area contributed by atoms with E-state index in [0.29, 0.717) is 6.29 Å². The van der Waals surface area contributed by atoms with Crippen molar-refractivity contribution in [2.75, 3.05) is 0 Å². The van der Waals surface area contributed by atoms with Gasteiger partial charge in [0.25, 0.3) is 5.69 Å². The number of alkyl carbamates (subject to hydrolysis) is 1. The molecule has 1 rings (SSSR count). The molecule has 0 spiro atoms. The van der Waals surface area contributed by atoms with Crippen LogP contribution in [0.15, 0.2) is 18.2 Å². The Morgan fingerprint density at radius 2 is 2.14 bits per heavy atom. The predicted octanol–water partition coefficient (Wildman–Crippen LogP) is 3.40. The minimum atomic E-state index is -0.897. The molecule has 1 amide bonds. The number of nitro groups is 1. The summed E-state index contributed by atoms with van der Waals surface area (Å²) in [5.74, 6) is 0. The smallest absolute Gasteiger partial charge is 0.408 e. The molecule has 0 saturated heterocycles. The molecule has 0 heterocycles. The molecular formula is C14H17ClN2O5. The molecule has 1 N–H and O–H groups in total. The highest BCUT2D eigenvalue weighted by atomic mass is 35.5. The number of amides is 1. The van der Waals surface area contributed by atoms with E-state index in [9.17, 15) is 19.7 Å². The van der Waals surface area contributed by atoms with Crippen molar-refractivity contribution in [1.82, 2.24) is 5.32 Å². The Labute approximate surface area is 132 Å². The van der Waals surface area contributed by atoms with Crippen molar-refractivity contribution in [2.45, 2.75) is 38.8 Å². The van der Waals surface area contributed by atoms with Crippen LogP contribution in [0.1, 0.15) is 38.8 Å². The van der Waals surface area contributed by atoms with E-state index in [1.165, 1.54) is 18.2 Å². The van der Waals surface area contributed by atoms with Crippen LogP contribution in [-0.2, 0) is 9.53 Å². The van der Waals surface area contributed by atoms with Crippen molar-refractivity contribution in [1.29, 1.82) is 0 Å². The third kappa shape index (κ3) is 5.33. The second kappa shape index (κ2) is 7.22. The standard InChI is InChI=1S/C14H17ClN2O5/c1-14(2,3)22-13(19)16-11(6-7-18)10-8-9(15)4-5-12(10)17(20)21/h4-5,7-8,11H,6H2,1-3H3,(H,16,19)/t11-/m1/s1. The topological polar surface area (TPSA) is 98.5 Å². The van der Waals surface area contributed by atoms with Gasteiger partial charge in [-0.05, 0) is 32.9 Å². The first-order valence-electron chi connectivity index (χ1n) is 6.51. The zero-order valence-corrected chi connectivity index (χ0v) is 13.2. The zero-order valence-electron chi connectivity index (χ0n) is 12.5. The van der Waals surface area contributed by atoms with Crippen LogP contribution in [-0.4, -0.2) is 22.9 Å². The van der Waals surface area contributed by atoms with Crippen molar-refractivity contribution in [2.24, 2.45) is 0 Å². The summed E-state index contributed by atoms with van der Waals surface area (Å²) in [6.45, 7) is 5.05. The van der Waals surface area contributed by atoms with Gasteiger partial charge in [0, 0.05) is 17.5 Å². The summed E-state index contributed by atoms with van der Waals surface area (Å²) in [5, 5.41) is 13.8. The molecule has 0 aliphatic carbocycles. The number of hydrogen-bond donors (Lipinski definition) is 1. The van der Waals surface area contributed by atoms with Crippen LogP contribution in [0.5, 0.6) is 0 Å². The van der Waals surface area contributed by atoms with Gasteiger partial charge in [-0.3, -0.25) is 10.1 Å². The van der Waals surface area contributed by atoms with E-state index in [-0.39, 0.29) is 22.7 Å². The van der Waals surface area contributed by atoms with Crippen molar-refractivity contribution in [3.05, 3.63) is 38.9 Å². The monoisotopic (exact) mass is 328 g/mol. The first-order chi connectivity index (χ1) is 10.1. The molecule has 0 fully saturated rings. The van der Waals surface area contributed by atoms with Crippen LogP contribution in [0, 0.1) is 10.1 Å². The lowest BCUT2D eigenvalue weighted by atomic mass is 10.0. The van der Waals surface area contributed by atoms with E-state index in [4.69, 9.17) is 16.3 Å². The van der Waals surface area contributed by atoms with Crippen LogP contribution in [0.2, 0.25) is 5.02 Å². The number of benzene rings is 1. The summed E-state index contributed by atoms with van der Waals surface area (Å²) in [6.07, 6.45) is -0.346. The van der Waals surface area contributed by atoms with Crippen LogP contribution in [0.3, 0.4) is 0 Å². The number of carbonyl (C=O) groups excluding carboxylic acids is 2. The maximum atomic E-state index is 11.8. The van der Waals surface area contributed by atoms with Gasteiger partial charge in [0.05, 0.1) is 16.5 Å². The largest absolute Gasteiger partial charge is 0.444 e. The molecule has 1 aromatic carbocycles.